The maximum absolute atomic E-state index is 12.2. The topological polar surface area (TPSA) is 78.9 Å². The van der Waals surface area contributed by atoms with Crippen LogP contribution in [0.1, 0.15) is 17.3 Å². The highest BCUT2D eigenvalue weighted by Crippen LogP contribution is 2.24. The van der Waals surface area contributed by atoms with Crippen LogP contribution < -0.4 is 10.1 Å². The molecule has 0 spiro atoms. The Morgan fingerprint density at radius 1 is 1.48 bits per heavy atom. The van der Waals surface area contributed by atoms with Gasteiger partial charge in [-0.15, -0.1) is 0 Å². The molecule has 1 aromatic rings. The number of nitrogens with zero attached hydrogens (tertiary/aromatic N) is 1. The van der Waals surface area contributed by atoms with Gasteiger partial charge in [-0.2, -0.15) is 11.8 Å². The average Bonchev–Trinajstić information content (AvgIpc) is 2.47. The van der Waals surface area contributed by atoms with E-state index in [2.05, 4.69) is 5.32 Å². The van der Waals surface area contributed by atoms with E-state index in [0.29, 0.717) is 12.2 Å². The summed E-state index contributed by atoms with van der Waals surface area (Å²) in [6.07, 6.45) is 0. The number of carboxylic acids is 1. The van der Waals surface area contributed by atoms with E-state index in [9.17, 15) is 9.59 Å². The van der Waals surface area contributed by atoms with Gasteiger partial charge in [0.15, 0.2) is 0 Å². The highest BCUT2D eigenvalue weighted by Gasteiger charge is 2.23. The minimum absolute atomic E-state index is 0.0678. The summed E-state index contributed by atoms with van der Waals surface area (Å²) in [5.41, 5.74) is 0.588. The molecule has 1 aromatic carbocycles. The van der Waals surface area contributed by atoms with Gasteiger partial charge in [0.1, 0.15) is 11.3 Å². The van der Waals surface area contributed by atoms with Gasteiger partial charge in [0.2, 0.25) is 0 Å². The van der Waals surface area contributed by atoms with Crippen LogP contribution in [0.25, 0.3) is 0 Å². The summed E-state index contributed by atoms with van der Waals surface area (Å²) in [4.78, 5) is 25.1. The standard InChI is InChI=1S/C14H18N2O4S/c1-9-8-21-6-5-16(9)14(19)15-10-3-4-11(13(17)18)12(7-10)20-2/h3-4,7,9H,5-6,8H2,1-2H3,(H,15,19)(H,17,18). The number of amides is 2. The van der Waals surface area contributed by atoms with Crippen molar-refractivity contribution in [2.24, 2.45) is 0 Å². The van der Waals surface area contributed by atoms with Gasteiger partial charge in [-0.05, 0) is 19.1 Å². The van der Waals surface area contributed by atoms with Gasteiger partial charge in [-0.25, -0.2) is 9.59 Å². The summed E-state index contributed by atoms with van der Waals surface area (Å²) < 4.78 is 5.05. The molecule has 0 aromatic heterocycles. The van der Waals surface area contributed by atoms with E-state index in [4.69, 9.17) is 9.84 Å². The van der Waals surface area contributed by atoms with Crippen LogP contribution in [0.5, 0.6) is 5.75 Å². The summed E-state index contributed by atoms with van der Waals surface area (Å²) in [6.45, 7) is 2.72. The second-order valence-corrected chi connectivity index (χ2v) is 5.92. The van der Waals surface area contributed by atoms with Crippen molar-refractivity contribution in [3.8, 4) is 5.75 Å². The van der Waals surface area contributed by atoms with E-state index in [1.165, 1.54) is 19.2 Å². The Balaban J connectivity index is 2.12. The first kappa shape index (κ1) is 15.5. The number of hydrogen-bond acceptors (Lipinski definition) is 4. The third kappa shape index (κ3) is 3.60. The van der Waals surface area contributed by atoms with Crippen LogP contribution in [-0.4, -0.2) is 53.2 Å². The molecular weight excluding hydrogens is 292 g/mol. The Morgan fingerprint density at radius 2 is 2.24 bits per heavy atom. The molecule has 0 bridgehead atoms. The first-order valence-electron chi connectivity index (χ1n) is 6.59. The van der Waals surface area contributed by atoms with E-state index >= 15 is 0 Å². The lowest BCUT2D eigenvalue weighted by Gasteiger charge is -2.33. The third-order valence-corrected chi connectivity index (χ3v) is 4.50. The molecule has 1 heterocycles. The lowest BCUT2D eigenvalue weighted by molar-refractivity contribution is 0.0693. The van der Waals surface area contributed by atoms with Gasteiger partial charge in [-0.1, -0.05) is 0 Å². The number of rotatable bonds is 3. The molecule has 21 heavy (non-hydrogen) atoms. The van der Waals surface area contributed by atoms with Crippen molar-refractivity contribution >= 4 is 29.4 Å². The number of thioether (sulfide) groups is 1. The van der Waals surface area contributed by atoms with Gasteiger partial charge < -0.3 is 20.1 Å². The number of hydrogen-bond donors (Lipinski definition) is 2. The molecule has 0 saturated carbocycles. The predicted octanol–water partition coefficient (Wildman–Crippen LogP) is 2.36. The summed E-state index contributed by atoms with van der Waals surface area (Å²) in [7, 11) is 1.40. The molecule has 1 saturated heterocycles. The molecule has 1 aliphatic rings. The average molecular weight is 310 g/mol. The summed E-state index contributed by atoms with van der Waals surface area (Å²) in [5, 5.41) is 11.8. The molecule has 6 nitrogen and oxygen atoms in total. The normalized spacial score (nSPS) is 18.2. The zero-order valence-electron chi connectivity index (χ0n) is 12.0. The quantitative estimate of drug-likeness (QED) is 0.896. The zero-order valence-corrected chi connectivity index (χ0v) is 12.8. The number of methoxy groups -OCH3 is 1. The van der Waals surface area contributed by atoms with E-state index in [1.54, 1.807) is 11.0 Å². The number of nitrogens with one attached hydrogen (secondary N) is 1. The number of urea groups is 1. The van der Waals surface area contributed by atoms with E-state index in [-0.39, 0.29) is 23.4 Å². The fraction of sp³-hybridized carbons (Fsp3) is 0.429. The number of aromatic carboxylic acids is 1. The lowest BCUT2D eigenvalue weighted by Crippen LogP contribution is -2.46. The summed E-state index contributed by atoms with van der Waals surface area (Å²) >= 11 is 1.83. The van der Waals surface area contributed by atoms with E-state index in [0.717, 1.165) is 11.5 Å². The Labute approximate surface area is 127 Å². The zero-order chi connectivity index (χ0) is 15.4. The molecule has 1 fully saturated rings. The molecule has 2 rings (SSSR count). The van der Waals surface area contributed by atoms with E-state index < -0.39 is 5.97 Å². The maximum Gasteiger partial charge on any atom is 0.339 e. The number of anilines is 1. The van der Waals surface area contributed by atoms with Crippen molar-refractivity contribution in [2.45, 2.75) is 13.0 Å². The highest BCUT2D eigenvalue weighted by atomic mass is 32.2. The number of benzene rings is 1. The van der Waals surface area contributed by atoms with Gasteiger partial charge in [0.05, 0.1) is 7.11 Å². The number of carboxylic acid groups (broad SMARTS) is 1. The van der Waals surface area contributed by atoms with Crippen LogP contribution in [0.15, 0.2) is 18.2 Å². The van der Waals surface area contributed by atoms with E-state index in [1.807, 2.05) is 18.7 Å². The van der Waals surface area contributed by atoms with Crippen molar-refractivity contribution in [2.75, 3.05) is 30.5 Å². The second kappa shape index (κ2) is 6.71. The van der Waals surface area contributed by atoms with Crippen LogP contribution >= 0.6 is 11.8 Å². The van der Waals surface area contributed by atoms with Crippen LogP contribution in [0.2, 0.25) is 0 Å². The Kier molecular flexibility index (Phi) is 4.95. The molecule has 1 unspecified atom stereocenters. The van der Waals surface area contributed by atoms with Gasteiger partial charge >= 0.3 is 12.0 Å². The largest absolute Gasteiger partial charge is 0.496 e. The SMILES string of the molecule is COc1cc(NC(=O)N2CCSCC2C)ccc1C(=O)O. The molecule has 1 aliphatic heterocycles. The van der Waals surface area contributed by atoms with Crippen molar-refractivity contribution in [1.82, 2.24) is 4.90 Å². The van der Waals surface area contributed by atoms with Crippen molar-refractivity contribution < 1.29 is 19.4 Å². The highest BCUT2D eigenvalue weighted by molar-refractivity contribution is 7.99. The first-order valence-corrected chi connectivity index (χ1v) is 7.75. The molecule has 1 atom stereocenters. The molecule has 0 aliphatic carbocycles. The molecule has 2 amide bonds. The van der Waals surface area contributed by atoms with Crippen LogP contribution in [0.4, 0.5) is 10.5 Å². The van der Waals surface area contributed by atoms with Crippen LogP contribution in [-0.2, 0) is 0 Å². The van der Waals surface area contributed by atoms with Crippen LogP contribution in [0.3, 0.4) is 0 Å². The number of carbonyl (C=O) groups is 2. The fourth-order valence-corrected chi connectivity index (χ4v) is 3.18. The molecular formula is C14H18N2O4S. The fourth-order valence-electron chi connectivity index (χ4n) is 2.17. The lowest BCUT2D eigenvalue weighted by atomic mass is 10.2. The minimum Gasteiger partial charge on any atom is -0.496 e. The predicted molar refractivity (Wildman–Crippen MR) is 82.5 cm³/mol. The van der Waals surface area contributed by atoms with Crippen LogP contribution in [0, 0.1) is 0 Å². The Bertz CT molecular complexity index is 550. The third-order valence-electron chi connectivity index (χ3n) is 3.31. The molecule has 114 valence electrons. The van der Waals surface area contributed by atoms with Crippen molar-refractivity contribution in [1.29, 1.82) is 0 Å². The summed E-state index contributed by atoms with van der Waals surface area (Å²) in [6, 6.07) is 4.52. The molecule has 7 heteroatoms. The first-order chi connectivity index (χ1) is 10.0. The maximum atomic E-state index is 12.2. The van der Waals surface area contributed by atoms with Gasteiger partial charge in [0, 0.05) is 35.8 Å². The summed E-state index contributed by atoms with van der Waals surface area (Å²) in [5.74, 6) is 1.02. The van der Waals surface area contributed by atoms with Crippen molar-refractivity contribution in [3.63, 3.8) is 0 Å². The Morgan fingerprint density at radius 3 is 2.86 bits per heavy atom. The van der Waals surface area contributed by atoms with Gasteiger partial charge in [-0.3, -0.25) is 0 Å². The molecule has 2 N–H and O–H groups in total. The minimum atomic E-state index is -1.06. The number of carbonyl (C=O) groups excluding carboxylic acids is 1. The number of ether oxygens (including phenoxy) is 1. The van der Waals surface area contributed by atoms with Gasteiger partial charge in [0.25, 0.3) is 0 Å². The second-order valence-electron chi connectivity index (χ2n) is 4.77. The van der Waals surface area contributed by atoms with Crippen molar-refractivity contribution in [3.05, 3.63) is 23.8 Å². The molecule has 0 radical (unpaired) electrons. The monoisotopic (exact) mass is 310 g/mol. The Hall–Kier alpha value is -1.89. The smallest absolute Gasteiger partial charge is 0.339 e.